The maximum Gasteiger partial charge on any atom is 0.494 e. The van der Waals surface area contributed by atoms with Gasteiger partial charge in [0.05, 0.1) is 11.2 Å². The highest BCUT2D eigenvalue weighted by Gasteiger charge is 2.51. The molecular weight excluding hydrogens is 295 g/mol. The van der Waals surface area contributed by atoms with Gasteiger partial charge < -0.3 is 9.31 Å². The summed E-state index contributed by atoms with van der Waals surface area (Å²) in [5.41, 5.74) is 4.22. The molecule has 3 heteroatoms. The summed E-state index contributed by atoms with van der Waals surface area (Å²) in [4.78, 5) is 0. The second-order valence-electron chi connectivity index (χ2n) is 7.99. The first-order chi connectivity index (χ1) is 11.2. The van der Waals surface area contributed by atoms with E-state index in [1.165, 1.54) is 16.7 Å². The van der Waals surface area contributed by atoms with Crippen molar-refractivity contribution in [3.05, 3.63) is 54.1 Å². The van der Waals surface area contributed by atoms with Gasteiger partial charge in [-0.3, -0.25) is 0 Å². The quantitative estimate of drug-likeness (QED) is 0.758. The van der Waals surface area contributed by atoms with Crippen molar-refractivity contribution in [2.75, 3.05) is 0 Å². The van der Waals surface area contributed by atoms with Gasteiger partial charge in [-0.2, -0.15) is 0 Å². The van der Waals surface area contributed by atoms with Crippen LogP contribution in [0.1, 0.15) is 53.0 Å². The summed E-state index contributed by atoms with van der Waals surface area (Å²) >= 11 is 0. The van der Waals surface area contributed by atoms with Crippen LogP contribution in [-0.4, -0.2) is 18.3 Å². The van der Waals surface area contributed by atoms with Crippen molar-refractivity contribution in [2.24, 2.45) is 0 Å². The fourth-order valence-electron chi connectivity index (χ4n) is 2.90. The molecule has 1 heterocycles. The first-order valence-corrected chi connectivity index (χ1v) is 8.75. The summed E-state index contributed by atoms with van der Waals surface area (Å²) in [6, 6.07) is 17.3. The van der Waals surface area contributed by atoms with Crippen molar-refractivity contribution in [3.8, 4) is 11.1 Å². The third-order valence-corrected chi connectivity index (χ3v) is 5.32. The van der Waals surface area contributed by atoms with Crippen molar-refractivity contribution in [3.63, 3.8) is 0 Å². The highest BCUT2D eigenvalue weighted by Crippen LogP contribution is 2.36. The minimum Gasteiger partial charge on any atom is -0.399 e. The molecule has 1 aliphatic heterocycles. The Bertz CT molecular complexity index is 701. The van der Waals surface area contributed by atoms with Crippen molar-refractivity contribution >= 4 is 12.6 Å². The van der Waals surface area contributed by atoms with Crippen molar-refractivity contribution < 1.29 is 9.31 Å². The highest BCUT2D eigenvalue weighted by molar-refractivity contribution is 6.62. The summed E-state index contributed by atoms with van der Waals surface area (Å²) < 4.78 is 12.3. The topological polar surface area (TPSA) is 18.5 Å². The molecule has 0 amide bonds. The Balaban J connectivity index is 1.88. The van der Waals surface area contributed by atoms with Gasteiger partial charge in [-0.05, 0) is 55.8 Å². The third-order valence-electron chi connectivity index (χ3n) is 5.32. The molecule has 2 aromatic rings. The molecule has 0 N–H and O–H groups in total. The molecule has 0 unspecified atom stereocenters. The lowest BCUT2D eigenvalue weighted by molar-refractivity contribution is 0.00578. The number of hydrogen-bond donors (Lipinski definition) is 0. The predicted octanol–water partition coefficient (Wildman–Crippen LogP) is 4.78. The van der Waals surface area contributed by atoms with Crippen molar-refractivity contribution in [1.82, 2.24) is 0 Å². The molecule has 2 nitrogen and oxygen atoms in total. The number of hydrogen-bond acceptors (Lipinski definition) is 2. The second kappa shape index (κ2) is 6.05. The molecule has 24 heavy (non-hydrogen) atoms. The van der Waals surface area contributed by atoms with Crippen LogP contribution >= 0.6 is 0 Å². The SMILES string of the molecule is CC(C)c1ccc(-c2cccc(B3OC(C)(C)C(C)(C)O3)c2)cc1. The van der Waals surface area contributed by atoms with Crippen molar-refractivity contribution in [2.45, 2.75) is 58.7 Å². The molecule has 0 radical (unpaired) electrons. The van der Waals surface area contributed by atoms with Crippen LogP contribution < -0.4 is 5.46 Å². The average Bonchev–Trinajstić information content (AvgIpc) is 2.76. The van der Waals surface area contributed by atoms with Gasteiger partial charge in [0.2, 0.25) is 0 Å². The van der Waals surface area contributed by atoms with Crippen molar-refractivity contribution in [1.29, 1.82) is 0 Å². The fourth-order valence-corrected chi connectivity index (χ4v) is 2.90. The molecule has 0 spiro atoms. The Morgan fingerprint density at radius 2 is 1.38 bits per heavy atom. The van der Waals surface area contributed by atoms with E-state index in [0.29, 0.717) is 5.92 Å². The summed E-state index contributed by atoms with van der Waals surface area (Å²) in [6.07, 6.45) is 0. The van der Waals surface area contributed by atoms with E-state index in [1.54, 1.807) is 0 Å². The summed E-state index contributed by atoms with van der Waals surface area (Å²) in [5.74, 6) is 0.551. The molecule has 2 aromatic carbocycles. The standard InChI is InChI=1S/C21H27BO2/c1-15(2)16-10-12-17(13-11-16)18-8-7-9-19(14-18)22-23-20(3,4)21(5,6)24-22/h7-15H,1-6H3. The fraction of sp³-hybridized carbons (Fsp3) is 0.429. The molecule has 0 aromatic heterocycles. The molecule has 1 fully saturated rings. The van der Waals surface area contributed by atoms with Gasteiger partial charge in [-0.1, -0.05) is 62.4 Å². The summed E-state index contributed by atoms with van der Waals surface area (Å²) in [7, 11) is -0.315. The van der Waals surface area contributed by atoms with E-state index in [-0.39, 0.29) is 18.3 Å². The normalized spacial score (nSPS) is 19.0. The van der Waals surface area contributed by atoms with Gasteiger partial charge in [0, 0.05) is 0 Å². The Morgan fingerprint density at radius 3 is 1.92 bits per heavy atom. The molecular formula is C21H27BO2. The largest absolute Gasteiger partial charge is 0.494 e. The van der Waals surface area contributed by atoms with Gasteiger partial charge >= 0.3 is 7.12 Å². The van der Waals surface area contributed by atoms with Crippen LogP contribution in [0.2, 0.25) is 0 Å². The summed E-state index contributed by atoms with van der Waals surface area (Å²) in [6.45, 7) is 12.8. The van der Waals surface area contributed by atoms with Gasteiger partial charge in [0.1, 0.15) is 0 Å². The lowest BCUT2D eigenvalue weighted by Crippen LogP contribution is -2.41. The van der Waals surface area contributed by atoms with E-state index < -0.39 is 0 Å². The zero-order chi connectivity index (χ0) is 17.5. The number of benzene rings is 2. The Labute approximate surface area is 146 Å². The van der Waals surface area contributed by atoms with E-state index in [0.717, 1.165) is 5.46 Å². The van der Waals surface area contributed by atoms with Gasteiger partial charge in [0.15, 0.2) is 0 Å². The second-order valence-corrected chi connectivity index (χ2v) is 7.99. The molecule has 1 aliphatic rings. The Hall–Kier alpha value is -1.58. The zero-order valence-electron chi connectivity index (χ0n) is 15.6. The van der Waals surface area contributed by atoms with Gasteiger partial charge in [-0.25, -0.2) is 0 Å². The van der Waals surface area contributed by atoms with E-state index in [9.17, 15) is 0 Å². The molecule has 0 bridgehead atoms. The van der Waals surface area contributed by atoms with Crippen LogP contribution in [0, 0.1) is 0 Å². The zero-order valence-corrected chi connectivity index (χ0v) is 15.6. The van der Waals surface area contributed by atoms with E-state index in [2.05, 4.69) is 90.1 Å². The molecule has 0 atom stereocenters. The van der Waals surface area contributed by atoms with E-state index >= 15 is 0 Å². The van der Waals surface area contributed by atoms with E-state index in [1.807, 2.05) is 0 Å². The van der Waals surface area contributed by atoms with Gasteiger partial charge in [0.25, 0.3) is 0 Å². The van der Waals surface area contributed by atoms with Crippen LogP contribution in [0.15, 0.2) is 48.5 Å². The molecule has 126 valence electrons. The van der Waals surface area contributed by atoms with Crippen LogP contribution in [0.25, 0.3) is 11.1 Å². The van der Waals surface area contributed by atoms with Crippen LogP contribution in [0.3, 0.4) is 0 Å². The monoisotopic (exact) mass is 322 g/mol. The highest BCUT2D eigenvalue weighted by atomic mass is 16.7. The Kier molecular flexibility index (Phi) is 4.35. The maximum atomic E-state index is 6.17. The van der Waals surface area contributed by atoms with Crippen LogP contribution in [0.4, 0.5) is 0 Å². The van der Waals surface area contributed by atoms with Crippen LogP contribution in [-0.2, 0) is 9.31 Å². The molecule has 0 saturated carbocycles. The average molecular weight is 322 g/mol. The third kappa shape index (κ3) is 3.15. The molecule has 0 aliphatic carbocycles. The smallest absolute Gasteiger partial charge is 0.399 e. The lowest BCUT2D eigenvalue weighted by Gasteiger charge is -2.32. The van der Waals surface area contributed by atoms with E-state index in [4.69, 9.17) is 9.31 Å². The lowest BCUT2D eigenvalue weighted by atomic mass is 9.78. The maximum absolute atomic E-state index is 6.17. The minimum absolute atomic E-state index is 0.313. The Morgan fingerprint density at radius 1 is 0.792 bits per heavy atom. The summed E-state index contributed by atoms with van der Waals surface area (Å²) in [5, 5.41) is 0. The first-order valence-electron chi connectivity index (χ1n) is 8.75. The molecule has 1 saturated heterocycles. The van der Waals surface area contributed by atoms with Gasteiger partial charge in [-0.15, -0.1) is 0 Å². The number of rotatable bonds is 3. The minimum atomic E-state index is -0.315. The first kappa shape index (κ1) is 17.3. The van der Waals surface area contributed by atoms with Crippen LogP contribution in [0.5, 0.6) is 0 Å². The predicted molar refractivity (Wildman–Crippen MR) is 102 cm³/mol. The molecule has 3 rings (SSSR count).